The average Bonchev–Trinajstić information content (AvgIpc) is 2.67. The Kier molecular flexibility index (Phi) is 3.32. The molecule has 0 fully saturated rings. The van der Waals surface area contributed by atoms with Crippen LogP contribution in [0.15, 0.2) is 27.6 Å². The zero-order valence-electron chi connectivity index (χ0n) is 10.7. The number of non-ortho nitro benzene ring substituents is 1. The number of benzene rings is 1. The molecular weight excluding hydrogens is 286 g/mol. The van der Waals surface area contributed by atoms with Gasteiger partial charge < -0.3 is 4.52 Å². The number of nitrogens with zero attached hydrogens (tertiary/aromatic N) is 2. The highest BCUT2D eigenvalue weighted by Gasteiger charge is 2.23. The Hall–Kier alpha value is -2.26. The molecule has 0 bridgehead atoms. The van der Waals surface area contributed by atoms with Crippen molar-refractivity contribution in [2.45, 2.75) is 18.7 Å². The van der Waals surface area contributed by atoms with Crippen molar-refractivity contribution < 1.29 is 17.9 Å². The van der Waals surface area contributed by atoms with E-state index in [-0.39, 0.29) is 16.1 Å². The molecule has 0 unspecified atom stereocenters. The smallest absolute Gasteiger partial charge is 0.270 e. The number of nitrogens with two attached hydrogens (primary N) is 1. The van der Waals surface area contributed by atoms with E-state index in [0.717, 1.165) is 6.07 Å². The summed E-state index contributed by atoms with van der Waals surface area (Å²) in [7, 11) is -4.12. The molecule has 0 radical (unpaired) electrons. The number of aryl methyl sites for hydroxylation is 2. The maximum absolute atomic E-state index is 11.7. The molecule has 2 rings (SSSR count). The van der Waals surface area contributed by atoms with Gasteiger partial charge in [-0.3, -0.25) is 10.1 Å². The third-order valence-electron chi connectivity index (χ3n) is 2.79. The van der Waals surface area contributed by atoms with E-state index in [2.05, 4.69) is 5.16 Å². The first-order valence-corrected chi connectivity index (χ1v) is 7.01. The van der Waals surface area contributed by atoms with Crippen LogP contribution in [-0.2, 0) is 10.0 Å². The van der Waals surface area contributed by atoms with Gasteiger partial charge in [-0.2, -0.15) is 0 Å². The summed E-state index contributed by atoms with van der Waals surface area (Å²) in [6.07, 6.45) is 0. The first kappa shape index (κ1) is 14.2. The highest BCUT2D eigenvalue weighted by atomic mass is 32.2. The van der Waals surface area contributed by atoms with Crippen LogP contribution in [0, 0.1) is 24.0 Å². The predicted molar refractivity (Wildman–Crippen MR) is 69.4 cm³/mol. The molecule has 0 saturated heterocycles. The first-order valence-electron chi connectivity index (χ1n) is 5.46. The first-order chi connectivity index (χ1) is 9.21. The van der Waals surface area contributed by atoms with Crippen LogP contribution in [-0.4, -0.2) is 18.5 Å². The average molecular weight is 297 g/mol. The molecular formula is C11H11N3O5S. The lowest BCUT2D eigenvalue weighted by Gasteiger charge is -2.07. The van der Waals surface area contributed by atoms with Crippen molar-refractivity contribution in [3.05, 3.63) is 39.8 Å². The lowest BCUT2D eigenvalue weighted by molar-refractivity contribution is -0.385. The number of hydrogen-bond acceptors (Lipinski definition) is 6. The minimum absolute atomic E-state index is 0.231. The number of sulfonamides is 1. The van der Waals surface area contributed by atoms with Gasteiger partial charge in [0.25, 0.3) is 5.69 Å². The zero-order chi connectivity index (χ0) is 15.1. The normalized spacial score (nSPS) is 11.6. The van der Waals surface area contributed by atoms with Crippen LogP contribution in [0.4, 0.5) is 5.69 Å². The molecule has 0 aliphatic heterocycles. The lowest BCUT2D eigenvalue weighted by Crippen LogP contribution is -2.14. The maximum Gasteiger partial charge on any atom is 0.270 e. The van der Waals surface area contributed by atoms with Crippen LogP contribution in [0.2, 0.25) is 0 Å². The minimum Gasteiger partial charge on any atom is -0.361 e. The second-order valence-electron chi connectivity index (χ2n) is 4.18. The third-order valence-corrected chi connectivity index (χ3v) is 3.74. The van der Waals surface area contributed by atoms with Crippen molar-refractivity contribution >= 4 is 15.7 Å². The van der Waals surface area contributed by atoms with Gasteiger partial charge in [-0.25, -0.2) is 13.6 Å². The van der Waals surface area contributed by atoms with E-state index < -0.39 is 14.9 Å². The number of rotatable bonds is 3. The Morgan fingerprint density at radius 1 is 1.35 bits per heavy atom. The monoisotopic (exact) mass is 297 g/mol. The van der Waals surface area contributed by atoms with Crippen LogP contribution < -0.4 is 5.14 Å². The molecule has 8 nitrogen and oxygen atoms in total. The van der Waals surface area contributed by atoms with E-state index >= 15 is 0 Å². The number of nitro groups is 1. The Morgan fingerprint density at radius 3 is 2.45 bits per heavy atom. The predicted octanol–water partition coefficient (Wildman–Crippen LogP) is 1.51. The van der Waals surface area contributed by atoms with Crippen LogP contribution in [0.25, 0.3) is 11.1 Å². The summed E-state index contributed by atoms with van der Waals surface area (Å²) in [4.78, 5) is 9.73. The van der Waals surface area contributed by atoms with Crippen LogP contribution in [0.5, 0.6) is 0 Å². The summed E-state index contributed by atoms with van der Waals surface area (Å²) < 4.78 is 28.3. The van der Waals surface area contributed by atoms with E-state index in [1.165, 1.54) is 12.1 Å². The fourth-order valence-corrected chi connectivity index (χ4v) is 2.70. The molecule has 0 amide bonds. The Labute approximate surface area is 114 Å². The van der Waals surface area contributed by atoms with Gasteiger partial charge in [0.05, 0.1) is 15.5 Å². The molecule has 1 aromatic heterocycles. The van der Waals surface area contributed by atoms with Gasteiger partial charge in [0, 0.05) is 23.3 Å². The lowest BCUT2D eigenvalue weighted by atomic mass is 10.0. The summed E-state index contributed by atoms with van der Waals surface area (Å²) in [5.74, 6) is 0.404. The summed E-state index contributed by atoms with van der Waals surface area (Å²) in [5.41, 5.74) is 0.809. The second-order valence-corrected chi connectivity index (χ2v) is 5.71. The van der Waals surface area contributed by atoms with Crippen molar-refractivity contribution in [2.24, 2.45) is 5.14 Å². The number of primary sulfonamides is 1. The topological polar surface area (TPSA) is 129 Å². The van der Waals surface area contributed by atoms with Gasteiger partial charge in [0.2, 0.25) is 10.0 Å². The highest BCUT2D eigenvalue weighted by molar-refractivity contribution is 7.89. The van der Waals surface area contributed by atoms with E-state index in [1.807, 2.05) is 0 Å². The highest BCUT2D eigenvalue weighted by Crippen LogP contribution is 2.34. The molecule has 0 atom stereocenters. The molecule has 0 spiro atoms. The van der Waals surface area contributed by atoms with Crippen molar-refractivity contribution in [2.75, 3.05) is 0 Å². The van der Waals surface area contributed by atoms with Gasteiger partial charge in [0.15, 0.2) is 0 Å². The Bertz CT molecular complexity index is 775. The van der Waals surface area contributed by atoms with Crippen molar-refractivity contribution in [1.82, 2.24) is 5.16 Å². The van der Waals surface area contributed by atoms with E-state index in [1.54, 1.807) is 13.8 Å². The number of nitro benzene ring substituents is 1. The van der Waals surface area contributed by atoms with Gasteiger partial charge >= 0.3 is 0 Å². The standard InChI is InChI=1S/C11H11N3O5S/c1-6-11(7(2)19-13-6)9-4-3-8(14(15)16)5-10(9)20(12,17)18/h3-5H,1-2H3,(H2,12,17,18). The van der Waals surface area contributed by atoms with Crippen LogP contribution in [0.3, 0.4) is 0 Å². The summed E-state index contributed by atoms with van der Waals surface area (Å²) in [6, 6.07) is 3.46. The van der Waals surface area contributed by atoms with Crippen LogP contribution >= 0.6 is 0 Å². The SMILES string of the molecule is Cc1noc(C)c1-c1ccc([N+](=O)[O-])cc1S(N)(=O)=O. The van der Waals surface area contributed by atoms with Gasteiger partial charge in [0.1, 0.15) is 5.76 Å². The van der Waals surface area contributed by atoms with E-state index in [0.29, 0.717) is 17.0 Å². The van der Waals surface area contributed by atoms with Gasteiger partial charge in [-0.05, 0) is 19.9 Å². The third kappa shape index (κ3) is 2.40. The molecule has 1 heterocycles. The van der Waals surface area contributed by atoms with Crippen molar-refractivity contribution in [1.29, 1.82) is 0 Å². The summed E-state index contributed by atoms with van der Waals surface area (Å²) >= 11 is 0. The molecule has 9 heteroatoms. The fraction of sp³-hybridized carbons (Fsp3) is 0.182. The molecule has 0 aliphatic carbocycles. The van der Waals surface area contributed by atoms with E-state index in [9.17, 15) is 18.5 Å². The molecule has 2 aromatic rings. The van der Waals surface area contributed by atoms with Gasteiger partial charge in [-0.15, -0.1) is 0 Å². The maximum atomic E-state index is 11.7. The minimum atomic E-state index is -4.12. The molecule has 20 heavy (non-hydrogen) atoms. The van der Waals surface area contributed by atoms with E-state index in [4.69, 9.17) is 9.66 Å². The molecule has 0 aliphatic rings. The summed E-state index contributed by atoms with van der Waals surface area (Å²) in [6.45, 7) is 3.25. The van der Waals surface area contributed by atoms with Crippen LogP contribution in [0.1, 0.15) is 11.5 Å². The second kappa shape index (κ2) is 4.69. The Balaban J connectivity index is 2.81. The summed E-state index contributed by atoms with van der Waals surface area (Å²) in [5, 5.41) is 19.6. The number of aromatic nitrogens is 1. The largest absolute Gasteiger partial charge is 0.361 e. The van der Waals surface area contributed by atoms with Crippen molar-refractivity contribution in [3.8, 4) is 11.1 Å². The van der Waals surface area contributed by atoms with Crippen molar-refractivity contribution in [3.63, 3.8) is 0 Å². The molecule has 106 valence electrons. The molecule has 1 aromatic carbocycles. The van der Waals surface area contributed by atoms with Gasteiger partial charge in [-0.1, -0.05) is 5.16 Å². The quantitative estimate of drug-likeness (QED) is 0.675. The molecule has 2 N–H and O–H groups in total. The molecule has 0 saturated carbocycles. The fourth-order valence-electron chi connectivity index (χ4n) is 1.93. The zero-order valence-corrected chi connectivity index (χ0v) is 11.5. The number of hydrogen-bond donors (Lipinski definition) is 1. The Morgan fingerprint density at radius 2 is 2.00 bits per heavy atom.